The number of carbonyl (C=O) groups excluding carboxylic acids is 3. The first-order valence-corrected chi connectivity index (χ1v) is 11.5. The second kappa shape index (κ2) is 11.5. The van der Waals surface area contributed by atoms with Crippen LogP contribution in [0.25, 0.3) is 0 Å². The molecule has 0 atom stereocenters. The van der Waals surface area contributed by atoms with E-state index in [0.717, 1.165) is 16.9 Å². The molecule has 1 amide bonds. The van der Waals surface area contributed by atoms with E-state index in [1.54, 1.807) is 11.6 Å². The molecule has 0 radical (unpaired) electrons. The Balaban J connectivity index is 1.62. The lowest BCUT2D eigenvalue weighted by molar-refractivity contribution is -0.113. The summed E-state index contributed by atoms with van der Waals surface area (Å²) in [7, 11) is 4.25. The highest BCUT2D eigenvalue weighted by Crippen LogP contribution is 2.22. The van der Waals surface area contributed by atoms with Crippen molar-refractivity contribution in [1.29, 1.82) is 0 Å². The van der Waals surface area contributed by atoms with Crippen molar-refractivity contribution < 1.29 is 28.6 Å². The predicted molar refractivity (Wildman–Crippen MR) is 130 cm³/mol. The summed E-state index contributed by atoms with van der Waals surface area (Å²) in [5.74, 6) is -0.233. The number of carbonyl (C=O) groups is 3. The predicted octanol–water partition coefficient (Wildman–Crippen LogP) is 3.31. The van der Waals surface area contributed by atoms with Crippen LogP contribution < -0.4 is 10.1 Å². The van der Waals surface area contributed by atoms with Gasteiger partial charge >= 0.3 is 11.9 Å². The highest BCUT2D eigenvalue weighted by Gasteiger charge is 2.16. The van der Waals surface area contributed by atoms with Crippen molar-refractivity contribution in [3.63, 3.8) is 0 Å². The van der Waals surface area contributed by atoms with E-state index < -0.39 is 11.9 Å². The highest BCUT2D eigenvalue weighted by atomic mass is 32.2. The van der Waals surface area contributed by atoms with Crippen LogP contribution in [0.1, 0.15) is 37.7 Å². The Morgan fingerprint density at radius 3 is 2.23 bits per heavy atom. The van der Waals surface area contributed by atoms with Gasteiger partial charge < -0.3 is 24.1 Å². The van der Waals surface area contributed by atoms with Gasteiger partial charge in [-0.05, 0) is 43.7 Å². The van der Waals surface area contributed by atoms with Gasteiger partial charge in [-0.25, -0.2) is 9.59 Å². The highest BCUT2D eigenvalue weighted by molar-refractivity contribution is 7.99. The number of methoxy groups -OCH3 is 2. The quantitative estimate of drug-likeness (QED) is 0.350. The summed E-state index contributed by atoms with van der Waals surface area (Å²) in [5, 5.41) is 11.5. The smallest absolute Gasteiger partial charge is 0.337 e. The number of esters is 2. The van der Waals surface area contributed by atoms with Crippen LogP contribution in [0.4, 0.5) is 5.69 Å². The van der Waals surface area contributed by atoms with Crippen molar-refractivity contribution in [2.24, 2.45) is 7.05 Å². The monoisotopic (exact) mass is 498 g/mol. The Morgan fingerprint density at radius 2 is 1.63 bits per heavy atom. The SMILES string of the molecule is COC(=O)c1cc(NC(=O)CSc2nnc(COc3ccc(C)cc3C)n2C)cc(C(=O)OC)c1. The molecule has 1 aromatic heterocycles. The van der Waals surface area contributed by atoms with Crippen LogP contribution in [0, 0.1) is 13.8 Å². The second-order valence-corrected chi connectivity index (χ2v) is 8.58. The van der Waals surface area contributed by atoms with Gasteiger partial charge in [0.15, 0.2) is 11.0 Å². The molecule has 1 N–H and O–H groups in total. The van der Waals surface area contributed by atoms with Gasteiger partial charge in [0, 0.05) is 12.7 Å². The molecule has 2 aromatic carbocycles. The molecule has 0 fully saturated rings. The standard InChI is InChI=1S/C24H26N4O6S/c1-14-6-7-19(15(2)8-14)34-12-20-26-27-24(28(20)3)35-13-21(29)25-18-10-16(22(30)32-4)9-17(11-18)23(31)33-5/h6-11H,12-13H2,1-5H3,(H,25,29). The van der Waals surface area contributed by atoms with Crippen molar-refractivity contribution in [2.75, 3.05) is 25.3 Å². The van der Waals surface area contributed by atoms with Gasteiger partial charge in [0.2, 0.25) is 5.91 Å². The van der Waals surface area contributed by atoms with Crippen LogP contribution in [0.2, 0.25) is 0 Å². The Labute approximate surface area is 207 Å². The van der Waals surface area contributed by atoms with E-state index >= 15 is 0 Å². The van der Waals surface area contributed by atoms with Crippen LogP contribution in [-0.2, 0) is 27.9 Å². The summed E-state index contributed by atoms with van der Waals surface area (Å²) in [6.07, 6.45) is 0. The van der Waals surface area contributed by atoms with Gasteiger partial charge in [-0.15, -0.1) is 10.2 Å². The van der Waals surface area contributed by atoms with Crippen LogP contribution in [0.3, 0.4) is 0 Å². The lowest BCUT2D eigenvalue weighted by Crippen LogP contribution is -2.16. The van der Waals surface area contributed by atoms with Crippen molar-refractivity contribution in [3.8, 4) is 5.75 Å². The van der Waals surface area contributed by atoms with Crippen LogP contribution in [0.5, 0.6) is 5.75 Å². The van der Waals surface area contributed by atoms with E-state index in [0.29, 0.717) is 11.0 Å². The minimum atomic E-state index is -0.643. The summed E-state index contributed by atoms with van der Waals surface area (Å²) >= 11 is 1.19. The van der Waals surface area contributed by atoms with Crippen molar-refractivity contribution in [1.82, 2.24) is 14.8 Å². The van der Waals surface area contributed by atoms with Gasteiger partial charge in [-0.1, -0.05) is 29.5 Å². The molecule has 0 bridgehead atoms. The molecule has 0 aliphatic heterocycles. The molecule has 0 saturated heterocycles. The normalized spacial score (nSPS) is 10.5. The summed E-state index contributed by atoms with van der Waals surface area (Å²) < 4.78 is 17.0. The Morgan fingerprint density at radius 1 is 0.971 bits per heavy atom. The van der Waals surface area contributed by atoms with Gasteiger partial charge in [0.1, 0.15) is 12.4 Å². The third-order valence-corrected chi connectivity index (χ3v) is 6.02. The third kappa shape index (κ3) is 6.60. The fourth-order valence-electron chi connectivity index (χ4n) is 3.20. The number of nitrogens with one attached hydrogen (secondary N) is 1. The largest absolute Gasteiger partial charge is 0.485 e. The molecule has 11 heteroatoms. The van der Waals surface area contributed by atoms with Crippen molar-refractivity contribution in [3.05, 3.63) is 64.5 Å². The van der Waals surface area contributed by atoms with Gasteiger partial charge in [0.25, 0.3) is 0 Å². The van der Waals surface area contributed by atoms with Crippen LogP contribution in [-0.4, -0.2) is 52.6 Å². The number of amides is 1. The van der Waals surface area contributed by atoms with E-state index in [-0.39, 0.29) is 35.1 Å². The first-order chi connectivity index (χ1) is 16.7. The number of rotatable bonds is 9. The van der Waals surface area contributed by atoms with Crippen molar-refractivity contribution >= 4 is 35.3 Å². The zero-order valence-corrected chi connectivity index (χ0v) is 20.9. The molecular formula is C24H26N4O6S. The molecule has 0 aliphatic carbocycles. The number of aryl methyl sites for hydroxylation is 2. The number of anilines is 1. The molecule has 0 aliphatic rings. The fourth-order valence-corrected chi connectivity index (χ4v) is 3.93. The lowest BCUT2D eigenvalue weighted by Gasteiger charge is -2.10. The van der Waals surface area contributed by atoms with Crippen LogP contribution >= 0.6 is 11.8 Å². The fraction of sp³-hybridized carbons (Fsp3) is 0.292. The number of ether oxygens (including phenoxy) is 3. The second-order valence-electron chi connectivity index (χ2n) is 7.63. The summed E-state index contributed by atoms with van der Waals surface area (Å²) in [4.78, 5) is 36.4. The molecule has 1 heterocycles. The van der Waals surface area contributed by atoms with E-state index in [1.165, 1.54) is 44.2 Å². The topological polar surface area (TPSA) is 122 Å². The molecule has 0 saturated carbocycles. The van der Waals surface area contributed by atoms with Gasteiger partial charge in [-0.3, -0.25) is 4.79 Å². The number of hydrogen-bond donors (Lipinski definition) is 1. The average molecular weight is 499 g/mol. The number of nitrogens with zero attached hydrogens (tertiary/aromatic N) is 3. The number of hydrogen-bond acceptors (Lipinski definition) is 9. The van der Waals surface area contributed by atoms with Crippen molar-refractivity contribution in [2.45, 2.75) is 25.6 Å². The van der Waals surface area contributed by atoms with E-state index in [9.17, 15) is 14.4 Å². The first kappa shape index (κ1) is 25.8. The summed E-state index contributed by atoms with van der Waals surface area (Å²) in [5.41, 5.74) is 2.67. The first-order valence-electron chi connectivity index (χ1n) is 10.5. The maximum Gasteiger partial charge on any atom is 0.337 e. The molecule has 35 heavy (non-hydrogen) atoms. The third-order valence-electron chi connectivity index (χ3n) is 5.00. The number of thioether (sulfide) groups is 1. The van der Waals surface area contributed by atoms with Gasteiger partial charge in [0.05, 0.1) is 31.1 Å². The maximum atomic E-state index is 12.5. The number of aromatic nitrogens is 3. The molecule has 0 spiro atoms. The molecule has 0 unspecified atom stereocenters. The maximum absolute atomic E-state index is 12.5. The Kier molecular flexibility index (Phi) is 8.48. The zero-order chi connectivity index (χ0) is 25.5. The average Bonchev–Trinajstić information content (AvgIpc) is 3.20. The van der Waals surface area contributed by atoms with E-state index in [4.69, 9.17) is 14.2 Å². The molecule has 3 aromatic rings. The van der Waals surface area contributed by atoms with E-state index in [2.05, 4.69) is 15.5 Å². The molecule has 10 nitrogen and oxygen atoms in total. The summed E-state index contributed by atoms with van der Waals surface area (Å²) in [6.45, 7) is 4.23. The molecule has 184 valence electrons. The number of benzene rings is 2. The zero-order valence-electron chi connectivity index (χ0n) is 20.1. The van der Waals surface area contributed by atoms with E-state index in [1.807, 2.05) is 32.0 Å². The minimum absolute atomic E-state index is 0.0277. The van der Waals surface area contributed by atoms with Crippen LogP contribution in [0.15, 0.2) is 41.6 Å². The lowest BCUT2D eigenvalue weighted by atomic mass is 10.1. The minimum Gasteiger partial charge on any atom is -0.485 e. The van der Waals surface area contributed by atoms with Gasteiger partial charge in [-0.2, -0.15) is 0 Å². The summed E-state index contributed by atoms with van der Waals surface area (Å²) in [6, 6.07) is 10.1. The Bertz CT molecular complexity index is 1220. The Hall–Kier alpha value is -3.86. The molecular weight excluding hydrogens is 472 g/mol. The molecule has 3 rings (SSSR count).